The molecule has 1 saturated heterocycles. The fourth-order valence-electron chi connectivity index (χ4n) is 4.38. The van der Waals surface area contributed by atoms with Crippen LogP contribution >= 0.6 is 0 Å². The van der Waals surface area contributed by atoms with Crippen molar-refractivity contribution in [3.63, 3.8) is 0 Å². The summed E-state index contributed by atoms with van der Waals surface area (Å²) in [6.07, 6.45) is -4.56. The van der Waals surface area contributed by atoms with Gasteiger partial charge in [0.1, 0.15) is 0 Å². The largest absolute Gasteiger partial charge is 0.481 e. The van der Waals surface area contributed by atoms with Crippen molar-refractivity contribution in [2.24, 2.45) is 0 Å². The molecule has 4 rings (SSSR count). The van der Waals surface area contributed by atoms with Gasteiger partial charge in [-0.2, -0.15) is 13.2 Å². The third kappa shape index (κ3) is 7.09. The Labute approximate surface area is 222 Å². The minimum Gasteiger partial charge on any atom is -0.481 e. The molecule has 39 heavy (non-hydrogen) atoms. The summed E-state index contributed by atoms with van der Waals surface area (Å²) in [6, 6.07) is 16.3. The number of halogens is 3. The van der Waals surface area contributed by atoms with E-state index in [1.165, 1.54) is 29.2 Å². The topological polar surface area (TPSA) is 116 Å². The standard InChI is InChI=1S/C27H26F3N5O4/c28-27(29,30)21-9-5-4-8-20(21)26(39)35-14-12-34(13-15-35)23-11-10-22(32-33-23)25(38)31-19(17-24(36)37)16-18-6-2-1-3-7-18/h1-11,19H,12-17H2,(H,31,38)(H,36,37). The van der Waals surface area contributed by atoms with Crippen LogP contribution in [-0.2, 0) is 17.4 Å². The predicted molar refractivity (Wildman–Crippen MR) is 135 cm³/mol. The molecule has 2 aromatic carbocycles. The van der Waals surface area contributed by atoms with Crippen LogP contribution in [0, 0.1) is 0 Å². The van der Waals surface area contributed by atoms with E-state index in [0.29, 0.717) is 25.3 Å². The number of anilines is 1. The van der Waals surface area contributed by atoms with Crippen molar-refractivity contribution in [2.75, 3.05) is 31.1 Å². The van der Waals surface area contributed by atoms with Gasteiger partial charge >= 0.3 is 12.1 Å². The summed E-state index contributed by atoms with van der Waals surface area (Å²) in [7, 11) is 0. The van der Waals surface area contributed by atoms with Crippen LogP contribution in [0.2, 0.25) is 0 Å². The number of nitrogens with one attached hydrogen (secondary N) is 1. The van der Waals surface area contributed by atoms with Gasteiger partial charge in [-0.15, -0.1) is 10.2 Å². The molecule has 0 aliphatic carbocycles. The zero-order valence-electron chi connectivity index (χ0n) is 20.8. The molecular formula is C27H26F3N5O4. The van der Waals surface area contributed by atoms with Crippen LogP contribution in [0.25, 0.3) is 0 Å². The van der Waals surface area contributed by atoms with Crippen LogP contribution in [-0.4, -0.2) is 70.2 Å². The number of hydrogen-bond acceptors (Lipinski definition) is 6. The molecule has 204 valence electrons. The van der Waals surface area contributed by atoms with Crippen molar-refractivity contribution >= 4 is 23.6 Å². The molecule has 9 nitrogen and oxygen atoms in total. The van der Waals surface area contributed by atoms with Crippen molar-refractivity contribution in [1.82, 2.24) is 20.4 Å². The van der Waals surface area contributed by atoms with E-state index in [0.717, 1.165) is 11.6 Å². The predicted octanol–water partition coefficient (Wildman–Crippen LogP) is 3.27. The Kier molecular flexibility index (Phi) is 8.43. The highest BCUT2D eigenvalue weighted by Crippen LogP contribution is 2.32. The summed E-state index contributed by atoms with van der Waals surface area (Å²) in [5.41, 5.74) is -0.460. The third-order valence-electron chi connectivity index (χ3n) is 6.32. The molecule has 2 heterocycles. The summed E-state index contributed by atoms with van der Waals surface area (Å²) in [4.78, 5) is 40.0. The highest BCUT2D eigenvalue weighted by Gasteiger charge is 2.36. The number of amides is 2. The summed E-state index contributed by atoms with van der Waals surface area (Å²) in [5.74, 6) is -1.85. The monoisotopic (exact) mass is 541 g/mol. The molecule has 3 aromatic rings. The zero-order valence-corrected chi connectivity index (χ0v) is 20.8. The lowest BCUT2D eigenvalue weighted by Crippen LogP contribution is -2.49. The number of carboxylic acid groups (broad SMARTS) is 1. The van der Waals surface area contributed by atoms with Gasteiger partial charge < -0.3 is 20.2 Å². The van der Waals surface area contributed by atoms with E-state index in [1.807, 2.05) is 35.2 Å². The molecule has 0 saturated carbocycles. The first-order valence-corrected chi connectivity index (χ1v) is 12.2. The van der Waals surface area contributed by atoms with Gasteiger partial charge in [0, 0.05) is 32.2 Å². The second-order valence-electron chi connectivity index (χ2n) is 9.06. The number of hydrogen-bond donors (Lipinski definition) is 2. The Morgan fingerprint density at radius 3 is 2.18 bits per heavy atom. The second kappa shape index (κ2) is 11.9. The van der Waals surface area contributed by atoms with Gasteiger partial charge in [-0.3, -0.25) is 14.4 Å². The number of carbonyl (C=O) groups excluding carboxylic acids is 2. The Bertz CT molecular complexity index is 1310. The number of nitrogens with zero attached hydrogens (tertiary/aromatic N) is 4. The van der Waals surface area contributed by atoms with Crippen LogP contribution in [0.4, 0.5) is 19.0 Å². The van der Waals surface area contributed by atoms with Crippen LogP contribution in [0.5, 0.6) is 0 Å². The van der Waals surface area contributed by atoms with E-state index in [2.05, 4.69) is 15.5 Å². The Balaban J connectivity index is 1.35. The number of piperazine rings is 1. The van der Waals surface area contributed by atoms with Gasteiger partial charge in [-0.1, -0.05) is 42.5 Å². The van der Waals surface area contributed by atoms with Gasteiger partial charge in [0.25, 0.3) is 11.8 Å². The average molecular weight is 542 g/mol. The number of benzene rings is 2. The van der Waals surface area contributed by atoms with Crippen LogP contribution in [0.3, 0.4) is 0 Å². The molecule has 2 N–H and O–H groups in total. The summed E-state index contributed by atoms with van der Waals surface area (Å²) < 4.78 is 40.0. The van der Waals surface area contributed by atoms with Gasteiger partial charge in [0.15, 0.2) is 11.5 Å². The second-order valence-corrected chi connectivity index (χ2v) is 9.06. The average Bonchev–Trinajstić information content (AvgIpc) is 2.92. The molecule has 0 spiro atoms. The minimum absolute atomic E-state index is 0.0137. The third-order valence-corrected chi connectivity index (χ3v) is 6.32. The first kappa shape index (κ1) is 27.6. The fourth-order valence-corrected chi connectivity index (χ4v) is 4.38. The Hall–Kier alpha value is -4.48. The van der Waals surface area contributed by atoms with E-state index in [1.54, 1.807) is 6.07 Å². The van der Waals surface area contributed by atoms with Crippen molar-refractivity contribution < 1.29 is 32.7 Å². The number of aliphatic carboxylic acids is 1. The summed E-state index contributed by atoms with van der Waals surface area (Å²) in [6.45, 7) is 1.01. The molecule has 1 atom stereocenters. The lowest BCUT2D eigenvalue weighted by Gasteiger charge is -2.35. The highest BCUT2D eigenvalue weighted by molar-refractivity contribution is 5.96. The van der Waals surface area contributed by atoms with Crippen LogP contribution in [0.15, 0.2) is 66.7 Å². The summed E-state index contributed by atoms with van der Waals surface area (Å²) >= 11 is 0. The Morgan fingerprint density at radius 1 is 0.897 bits per heavy atom. The van der Waals surface area contributed by atoms with E-state index in [4.69, 9.17) is 0 Å². The molecule has 2 amide bonds. The lowest BCUT2D eigenvalue weighted by atomic mass is 10.0. The fraction of sp³-hybridized carbons (Fsp3) is 0.296. The van der Waals surface area contributed by atoms with Gasteiger partial charge in [-0.25, -0.2) is 0 Å². The molecule has 0 bridgehead atoms. The molecule has 1 aliphatic heterocycles. The number of rotatable bonds is 8. The number of aromatic nitrogens is 2. The van der Waals surface area contributed by atoms with Crippen molar-refractivity contribution in [2.45, 2.75) is 25.1 Å². The maximum absolute atomic E-state index is 13.3. The zero-order chi connectivity index (χ0) is 28.0. The van der Waals surface area contributed by atoms with Gasteiger partial charge in [0.2, 0.25) is 0 Å². The molecule has 1 unspecified atom stereocenters. The van der Waals surface area contributed by atoms with E-state index in [-0.39, 0.29) is 30.8 Å². The SMILES string of the molecule is O=C(O)CC(Cc1ccccc1)NC(=O)c1ccc(N2CCN(C(=O)c3ccccc3C(F)(F)F)CC2)nn1. The molecule has 12 heteroatoms. The Morgan fingerprint density at radius 2 is 1.56 bits per heavy atom. The quantitative estimate of drug-likeness (QED) is 0.450. The highest BCUT2D eigenvalue weighted by atomic mass is 19.4. The molecule has 1 aliphatic rings. The smallest absolute Gasteiger partial charge is 0.417 e. The van der Waals surface area contributed by atoms with Crippen LogP contribution in [0.1, 0.15) is 38.4 Å². The number of carboxylic acids is 1. The van der Waals surface area contributed by atoms with Gasteiger partial charge in [-0.05, 0) is 36.2 Å². The molecule has 1 fully saturated rings. The molecule has 1 aromatic heterocycles. The number of alkyl halides is 3. The maximum Gasteiger partial charge on any atom is 0.417 e. The van der Waals surface area contributed by atoms with Gasteiger partial charge in [0.05, 0.1) is 17.5 Å². The maximum atomic E-state index is 13.3. The first-order chi connectivity index (χ1) is 18.6. The van der Waals surface area contributed by atoms with E-state index < -0.39 is 35.6 Å². The van der Waals surface area contributed by atoms with E-state index >= 15 is 0 Å². The number of carbonyl (C=O) groups is 3. The van der Waals surface area contributed by atoms with Crippen molar-refractivity contribution in [1.29, 1.82) is 0 Å². The first-order valence-electron chi connectivity index (χ1n) is 12.2. The molecule has 0 radical (unpaired) electrons. The summed E-state index contributed by atoms with van der Waals surface area (Å²) in [5, 5.41) is 20.0. The van der Waals surface area contributed by atoms with E-state index in [9.17, 15) is 32.7 Å². The van der Waals surface area contributed by atoms with Crippen molar-refractivity contribution in [3.8, 4) is 0 Å². The normalized spacial score (nSPS) is 14.5. The van der Waals surface area contributed by atoms with Crippen LogP contribution < -0.4 is 10.2 Å². The minimum atomic E-state index is -4.63. The lowest BCUT2D eigenvalue weighted by molar-refractivity contribution is -0.138. The van der Waals surface area contributed by atoms with Crippen molar-refractivity contribution in [3.05, 3.63) is 89.1 Å². The molecular weight excluding hydrogens is 515 g/mol.